The normalized spacial score (nSPS) is 17.4. The molecule has 2 N–H and O–H groups in total. The average Bonchev–Trinajstić information content (AvgIpc) is 3.02. The zero-order valence-corrected chi connectivity index (χ0v) is 13.2. The summed E-state index contributed by atoms with van der Waals surface area (Å²) < 4.78 is 1.86. The Bertz CT molecular complexity index is 644. The van der Waals surface area contributed by atoms with Gasteiger partial charge >= 0.3 is 0 Å². The zero-order valence-electron chi connectivity index (χ0n) is 13.2. The van der Waals surface area contributed by atoms with E-state index < -0.39 is 5.60 Å². The first-order valence-corrected chi connectivity index (χ1v) is 8.25. The lowest BCUT2D eigenvalue weighted by molar-refractivity contribution is 0.0246. The van der Waals surface area contributed by atoms with Crippen molar-refractivity contribution >= 4 is 5.91 Å². The molecule has 1 aliphatic carbocycles. The van der Waals surface area contributed by atoms with E-state index in [0.29, 0.717) is 12.1 Å². The first-order chi connectivity index (χ1) is 11.2. The molecular formula is C18H23N3O2. The Balaban J connectivity index is 1.65. The molecule has 2 aromatic rings. The Labute approximate surface area is 136 Å². The number of hydrogen-bond donors (Lipinski definition) is 2. The van der Waals surface area contributed by atoms with Gasteiger partial charge in [0.05, 0.1) is 11.9 Å². The van der Waals surface area contributed by atoms with E-state index in [0.717, 1.165) is 31.4 Å². The smallest absolute Gasteiger partial charge is 0.251 e. The van der Waals surface area contributed by atoms with Crippen LogP contribution in [0.1, 0.15) is 48.9 Å². The van der Waals surface area contributed by atoms with Crippen LogP contribution >= 0.6 is 0 Å². The van der Waals surface area contributed by atoms with Crippen LogP contribution in [0.2, 0.25) is 0 Å². The van der Waals surface area contributed by atoms with Crippen molar-refractivity contribution in [3.63, 3.8) is 0 Å². The number of rotatable bonds is 4. The molecule has 0 unspecified atom stereocenters. The molecular weight excluding hydrogens is 290 g/mol. The van der Waals surface area contributed by atoms with E-state index >= 15 is 0 Å². The summed E-state index contributed by atoms with van der Waals surface area (Å²) in [5.41, 5.74) is 0.727. The van der Waals surface area contributed by atoms with Crippen LogP contribution in [0.5, 0.6) is 0 Å². The Morgan fingerprint density at radius 1 is 1.26 bits per heavy atom. The molecule has 1 aliphatic rings. The first-order valence-electron chi connectivity index (χ1n) is 8.25. The Kier molecular flexibility index (Phi) is 4.76. The van der Waals surface area contributed by atoms with Gasteiger partial charge in [-0.05, 0) is 31.0 Å². The molecule has 122 valence electrons. The number of nitrogens with zero attached hydrogens (tertiary/aromatic N) is 2. The maximum atomic E-state index is 12.4. The van der Waals surface area contributed by atoms with E-state index in [2.05, 4.69) is 10.3 Å². The van der Waals surface area contributed by atoms with Gasteiger partial charge in [0, 0.05) is 30.2 Å². The average molecular weight is 313 g/mol. The summed E-state index contributed by atoms with van der Waals surface area (Å²) in [6.45, 7) is 0.321. The maximum Gasteiger partial charge on any atom is 0.251 e. The van der Waals surface area contributed by atoms with E-state index in [-0.39, 0.29) is 5.91 Å². The maximum absolute atomic E-state index is 12.4. The standard InChI is InChI=1S/C18H23N3O2/c22-17(20-13-18(23)8-3-1-2-4-9-18)15-6-5-7-16(12-15)21-11-10-19-14-21/h5-7,10-12,14,23H,1-4,8-9,13H2,(H,20,22). The Morgan fingerprint density at radius 2 is 2.04 bits per heavy atom. The van der Waals surface area contributed by atoms with Crippen LogP contribution in [-0.4, -0.2) is 32.7 Å². The molecule has 5 nitrogen and oxygen atoms in total. The SMILES string of the molecule is O=C(NCC1(O)CCCCCC1)c1cccc(-n2ccnc2)c1. The number of amides is 1. The number of carbonyl (C=O) groups is 1. The fourth-order valence-electron chi connectivity index (χ4n) is 3.13. The molecule has 1 heterocycles. The molecule has 5 heteroatoms. The summed E-state index contributed by atoms with van der Waals surface area (Å²) in [7, 11) is 0. The number of hydrogen-bond acceptors (Lipinski definition) is 3. The van der Waals surface area contributed by atoms with Crippen LogP contribution in [0, 0.1) is 0 Å². The van der Waals surface area contributed by atoms with E-state index in [4.69, 9.17) is 0 Å². The summed E-state index contributed by atoms with van der Waals surface area (Å²) in [4.78, 5) is 16.4. The molecule has 0 radical (unpaired) electrons. The molecule has 0 saturated heterocycles. The van der Waals surface area contributed by atoms with Gasteiger partial charge in [-0.25, -0.2) is 4.98 Å². The third-order valence-electron chi connectivity index (χ3n) is 4.52. The number of benzene rings is 1. The molecule has 0 aliphatic heterocycles. The molecule has 1 aromatic heterocycles. The van der Waals surface area contributed by atoms with Crippen molar-refractivity contribution in [2.24, 2.45) is 0 Å². The van der Waals surface area contributed by atoms with Gasteiger partial charge in [-0.1, -0.05) is 31.7 Å². The number of carbonyl (C=O) groups excluding carboxylic acids is 1. The molecule has 0 bridgehead atoms. The van der Waals surface area contributed by atoms with Gasteiger partial charge in [0.25, 0.3) is 5.91 Å². The van der Waals surface area contributed by atoms with Crippen molar-refractivity contribution < 1.29 is 9.90 Å². The molecule has 1 saturated carbocycles. The minimum absolute atomic E-state index is 0.148. The van der Waals surface area contributed by atoms with E-state index in [1.54, 1.807) is 18.6 Å². The summed E-state index contributed by atoms with van der Waals surface area (Å²) >= 11 is 0. The fourth-order valence-corrected chi connectivity index (χ4v) is 3.13. The molecule has 0 atom stereocenters. The number of aromatic nitrogens is 2. The number of imidazole rings is 1. The summed E-state index contributed by atoms with van der Waals surface area (Å²) in [5, 5.41) is 13.5. The molecule has 0 spiro atoms. The van der Waals surface area contributed by atoms with Crippen LogP contribution in [0.15, 0.2) is 43.0 Å². The van der Waals surface area contributed by atoms with Crippen molar-refractivity contribution in [2.45, 2.75) is 44.1 Å². The Morgan fingerprint density at radius 3 is 2.74 bits per heavy atom. The summed E-state index contributed by atoms with van der Waals surface area (Å²) in [6, 6.07) is 7.39. The van der Waals surface area contributed by atoms with Crippen LogP contribution in [0.3, 0.4) is 0 Å². The second-order valence-electron chi connectivity index (χ2n) is 6.34. The fraction of sp³-hybridized carbons (Fsp3) is 0.444. The van der Waals surface area contributed by atoms with Gasteiger partial charge in [-0.3, -0.25) is 4.79 Å². The van der Waals surface area contributed by atoms with E-state index in [1.807, 2.05) is 29.0 Å². The second kappa shape index (κ2) is 6.96. The molecule has 1 aromatic carbocycles. The minimum Gasteiger partial charge on any atom is -0.388 e. The molecule has 3 rings (SSSR count). The van der Waals surface area contributed by atoms with Gasteiger partial charge in [-0.2, -0.15) is 0 Å². The predicted octanol–water partition coefficient (Wildman–Crippen LogP) is 2.69. The van der Waals surface area contributed by atoms with Crippen LogP contribution in [0.25, 0.3) is 5.69 Å². The van der Waals surface area contributed by atoms with Crippen molar-refractivity contribution in [3.8, 4) is 5.69 Å². The number of nitrogens with one attached hydrogen (secondary N) is 1. The van der Waals surface area contributed by atoms with Crippen molar-refractivity contribution in [1.82, 2.24) is 14.9 Å². The molecule has 1 fully saturated rings. The number of aliphatic hydroxyl groups is 1. The van der Waals surface area contributed by atoms with Crippen LogP contribution in [0.4, 0.5) is 0 Å². The monoisotopic (exact) mass is 313 g/mol. The van der Waals surface area contributed by atoms with Gasteiger partial charge in [0.15, 0.2) is 0 Å². The van der Waals surface area contributed by atoms with E-state index in [9.17, 15) is 9.90 Å². The minimum atomic E-state index is -0.756. The highest BCUT2D eigenvalue weighted by Crippen LogP contribution is 2.26. The summed E-state index contributed by atoms with van der Waals surface area (Å²) in [6.07, 6.45) is 11.2. The third kappa shape index (κ3) is 3.99. The van der Waals surface area contributed by atoms with Gasteiger partial charge in [0.2, 0.25) is 0 Å². The lowest BCUT2D eigenvalue weighted by Crippen LogP contribution is -2.42. The van der Waals surface area contributed by atoms with Crippen LogP contribution < -0.4 is 5.32 Å². The molecule has 1 amide bonds. The highest BCUT2D eigenvalue weighted by molar-refractivity contribution is 5.94. The van der Waals surface area contributed by atoms with Crippen molar-refractivity contribution in [3.05, 3.63) is 48.5 Å². The van der Waals surface area contributed by atoms with Crippen molar-refractivity contribution in [2.75, 3.05) is 6.54 Å². The topological polar surface area (TPSA) is 67.2 Å². The predicted molar refractivity (Wildman–Crippen MR) is 88.5 cm³/mol. The third-order valence-corrected chi connectivity index (χ3v) is 4.52. The highest BCUT2D eigenvalue weighted by Gasteiger charge is 2.28. The highest BCUT2D eigenvalue weighted by atomic mass is 16.3. The van der Waals surface area contributed by atoms with Gasteiger partial charge in [0.1, 0.15) is 0 Å². The van der Waals surface area contributed by atoms with Crippen LogP contribution in [-0.2, 0) is 0 Å². The second-order valence-corrected chi connectivity index (χ2v) is 6.34. The Hall–Kier alpha value is -2.14. The zero-order chi connectivity index (χ0) is 16.1. The van der Waals surface area contributed by atoms with Gasteiger partial charge in [-0.15, -0.1) is 0 Å². The summed E-state index contributed by atoms with van der Waals surface area (Å²) in [5.74, 6) is -0.148. The largest absolute Gasteiger partial charge is 0.388 e. The van der Waals surface area contributed by atoms with E-state index in [1.165, 1.54) is 12.8 Å². The molecule has 23 heavy (non-hydrogen) atoms. The van der Waals surface area contributed by atoms with Gasteiger partial charge < -0.3 is 15.0 Å². The lowest BCUT2D eigenvalue weighted by Gasteiger charge is -2.26. The lowest BCUT2D eigenvalue weighted by atomic mass is 9.94. The quantitative estimate of drug-likeness (QED) is 0.853. The van der Waals surface area contributed by atoms with Crippen molar-refractivity contribution in [1.29, 1.82) is 0 Å². The first kappa shape index (κ1) is 15.7.